The summed E-state index contributed by atoms with van der Waals surface area (Å²) in [5.41, 5.74) is 0.127. The SMILES string of the molecule is CC(C)(C)N(C(=O)O)[C@H](c1nc2cccc(Cl)c2c(=O)n1-c1cccc(C#N)c1)C1CC1. The Morgan fingerprint density at radius 1 is 1.28 bits per heavy atom. The van der Waals surface area contributed by atoms with Crippen LogP contribution in [0.1, 0.15) is 51.0 Å². The Hall–Kier alpha value is -3.37. The van der Waals surface area contributed by atoms with Gasteiger partial charge in [0.25, 0.3) is 5.56 Å². The molecule has 3 aromatic rings. The van der Waals surface area contributed by atoms with Crippen LogP contribution in [0.3, 0.4) is 0 Å². The molecule has 0 saturated heterocycles. The molecule has 1 saturated carbocycles. The molecule has 4 rings (SSSR count). The molecule has 1 heterocycles. The number of rotatable bonds is 4. The van der Waals surface area contributed by atoms with E-state index in [1.54, 1.807) is 42.5 Å². The molecule has 1 aromatic heterocycles. The van der Waals surface area contributed by atoms with Crippen molar-refractivity contribution in [3.05, 3.63) is 69.2 Å². The van der Waals surface area contributed by atoms with Crippen LogP contribution in [0, 0.1) is 17.2 Å². The molecule has 32 heavy (non-hydrogen) atoms. The van der Waals surface area contributed by atoms with E-state index in [0.717, 1.165) is 12.8 Å². The lowest BCUT2D eigenvalue weighted by atomic mass is 9.99. The molecule has 0 spiro atoms. The number of hydrogen-bond donors (Lipinski definition) is 1. The molecule has 2 aromatic carbocycles. The molecule has 1 aliphatic carbocycles. The fourth-order valence-corrected chi connectivity index (χ4v) is 4.39. The molecule has 1 atom stereocenters. The highest BCUT2D eigenvalue weighted by Gasteiger charge is 2.45. The van der Waals surface area contributed by atoms with Gasteiger partial charge in [-0.15, -0.1) is 0 Å². The molecule has 1 aliphatic rings. The van der Waals surface area contributed by atoms with E-state index in [2.05, 4.69) is 6.07 Å². The fraction of sp³-hybridized carbons (Fsp3) is 0.333. The maximum atomic E-state index is 13.7. The van der Waals surface area contributed by atoms with Crippen LogP contribution in [0.2, 0.25) is 5.02 Å². The topological polar surface area (TPSA) is 99.2 Å². The first-order valence-corrected chi connectivity index (χ1v) is 10.7. The number of carbonyl (C=O) groups is 1. The number of fused-ring (bicyclic) bond motifs is 1. The molecule has 164 valence electrons. The van der Waals surface area contributed by atoms with Crippen molar-refractivity contribution in [3.8, 4) is 11.8 Å². The van der Waals surface area contributed by atoms with Crippen LogP contribution in [-0.2, 0) is 0 Å². The highest BCUT2D eigenvalue weighted by Crippen LogP contribution is 2.46. The molecule has 7 nitrogen and oxygen atoms in total. The monoisotopic (exact) mass is 450 g/mol. The second-order valence-electron chi connectivity index (χ2n) is 9.01. The lowest BCUT2D eigenvalue weighted by Crippen LogP contribution is -2.49. The number of nitrogens with zero attached hydrogens (tertiary/aromatic N) is 4. The molecule has 0 unspecified atom stereocenters. The van der Waals surface area contributed by atoms with Crippen molar-refractivity contribution in [3.63, 3.8) is 0 Å². The molecule has 1 N–H and O–H groups in total. The van der Waals surface area contributed by atoms with E-state index in [-0.39, 0.29) is 16.3 Å². The van der Waals surface area contributed by atoms with Crippen LogP contribution in [0.15, 0.2) is 47.3 Å². The summed E-state index contributed by atoms with van der Waals surface area (Å²) < 4.78 is 1.42. The van der Waals surface area contributed by atoms with Crippen molar-refractivity contribution in [2.24, 2.45) is 5.92 Å². The third-order valence-electron chi connectivity index (χ3n) is 5.65. The van der Waals surface area contributed by atoms with Crippen LogP contribution in [0.25, 0.3) is 16.6 Å². The summed E-state index contributed by atoms with van der Waals surface area (Å²) in [5.74, 6) is 0.374. The Kier molecular flexibility index (Phi) is 5.43. The molecule has 0 radical (unpaired) electrons. The zero-order chi connectivity index (χ0) is 23.2. The van der Waals surface area contributed by atoms with Crippen molar-refractivity contribution in [1.29, 1.82) is 5.26 Å². The van der Waals surface area contributed by atoms with Gasteiger partial charge in [0.1, 0.15) is 5.82 Å². The molecule has 8 heteroatoms. The minimum Gasteiger partial charge on any atom is -0.465 e. The van der Waals surface area contributed by atoms with E-state index in [9.17, 15) is 20.0 Å². The van der Waals surface area contributed by atoms with Crippen molar-refractivity contribution in [2.75, 3.05) is 0 Å². The van der Waals surface area contributed by atoms with Gasteiger partial charge < -0.3 is 5.11 Å². The van der Waals surface area contributed by atoms with Crippen LogP contribution >= 0.6 is 11.6 Å². The van der Waals surface area contributed by atoms with Crippen molar-refractivity contribution < 1.29 is 9.90 Å². The summed E-state index contributed by atoms with van der Waals surface area (Å²) in [4.78, 5) is 32.3. The molecule has 0 aliphatic heterocycles. The number of nitriles is 1. The Labute approximate surface area is 190 Å². The third-order valence-corrected chi connectivity index (χ3v) is 5.96. The number of benzene rings is 2. The summed E-state index contributed by atoms with van der Waals surface area (Å²) in [7, 11) is 0. The normalized spacial score (nSPS) is 14.7. The van der Waals surface area contributed by atoms with Crippen molar-refractivity contribution in [2.45, 2.75) is 45.2 Å². The zero-order valence-corrected chi connectivity index (χ0v) is 18.8. The summed E-state index contributed by atoms with van der Waals surface area (Å²) >= 11 is 6.36. The van der Waals surface area contributed by atoms with Gasteiger partial charge in [-0.2, -0.15) is 5.26 Å². The summed E-state index contributed by atoms with van der Waals surface area (Å²) in [6, 6.07) is 13.1. The average molecular weight is 451 g/mol. The molecule has 1 amide bonds. The first kappa shape index (κ1) is 21.8. The Bertz CT molecular complexity index is 1320. The maximum Gasteiger partial charge on any atom is 0.408 e. The largest absolute Gasteiger partial charge is 0.465 e. The third kappa shape index (κ3) is 3.82. The number of halogens is 1. The van der Waals surface area contributed by atoms with Gasteiger partial charge in [0.15, 0.2) is 0 Å². The quantitative estimate of drug-likeness (QED) is 0.593. The average Bonchev–Trinajstić information content (AvgIpc) is 3.55. The number of carboxylic acid groups (broad SMARTS) is 1. The Balaban J connectivity index is 2.10. The predicted octanol–water partition coefficient (Wildman–Crippen LogP) is 5.14. The second kappa shape index (κ2) is 7.95. The van der Waals surface area contributed by atoms with E-state index in [4.69, 9.17) is 16.6 Å². The Morgan fingerprint density at radius 3 is 2.56 bits per heavy atom. The molecule has 0 bridgehead atoms. The van der Waals surface area contributed by atoms with Gasteiger partial charge in [-0.1, -0.05) is 23.7 Å². The highest BCUT2D eigenvalue weighted by molar-refractivity contribution is 6.35. The fourth-order valence-electron chi connectivity index (χ4n) is 4.14. The molecular formula is C24H23ClN4O3. The van der Waals surface area contributed by atoms with Crippen molar-refractivity contribution >= 4 is 28.6 Å². The van der Waals surface area contributed by atoms with Crippen LogP contribution in [0.4, 0.5) is 4.79 Å². The van der Waals surface area contributed by atoms with Gasteiger partial charge in [-0.3, -0.25) is 14.3 Å². The first-order valence-electron chi connectivity index (χ1n) is 10.4. The van der Waals surface area contributed by atoms with Crippen LogP contribution < -0.4 is 5.56 Å². The summed E-state index contributed by atoms with van der Waals surface area (Å²) in [6.45, 7) is 5.48. The predicted molar refractivity (Wildman–Crippen MR) is 122 cm³/mol. The van der Waals surface area contributed by atoms with Gasteiger partial charge in [-0.05, 0) is 69.9 Å². The number of hydrogen-bond acceptors (Lipinski definition) is 4. The minimum atomic E-state index is -1.08. The zero-order valence-electron chi connectivity index (χ0n) is 18.0. The highest BCUT2D eigenvalue weighted by atomic mass is 35.5. The van der Waals surface area contributed by atoms with Gasteiger partial charge in [0.05, 0.1) is 39.3 Å². The summed E-state index contributed by atoms with van der Waals surface area (Å²) in [5, 5.41) is 20.0. The smallest absolute Gasteiger partial charge is 0.408 e. The summed E-state index contributed by atoms with van der Waals surface area (Å²) in [6.07, 6.45) is 0.602. The van der Waals surface area contributed by atoms with Gasteiger partial charge in [0.2, 0.25) is 0 Å². The van der Waals surface area contributed by atoms with E-state index in [1.807, 2.05) is 20.8 Å². The van der Waals surface area contributed by atoms with Crippen LogP contribution in [-0.4, -0.2) is 31.2 Å². The number of aromatic nitrogens is 2. The van der Waals surface area contributed by atoms with Gasteiger partial charge in [-0.25, -0.2) is 9.78 Å². The van der Waals surface area contributed by atoms with E-state index in [1.165, 1.54) is 9.47 Å². The van der Waals surface area contributed by atoms with Crippen LogP contribution in [0.5, 0.6) is 0 Å². The van der Waals surface area contributed by atoms with Gasteiger partial charge >= 0.3 is 6.09 Å². The minimum absolute atomic E-state index is 0.0410. The van der Waals surface area contributed by atoms with Crippen molar-refractivity contribution in [1.82, 2.24) is 14.5 Å². The molecular weight excluding hydrogens is 428 g/mol. The Morgan fingerprint density at radius 2 is 1.97 bits per heavy atom. The van der Waals surface area contributed by atoms with Gasteiger partial charge in [0, 0.05) is 5.54 Å². The second-order valence-corrected chi connectivity index (χ2v) is 9.42. The molecule has 1 fully saturated rings. The lowest BCUT2D eigenvalue weighted by molar-refractivity contribution is 0.0582. The maximum absolute atomic E-state index is 13.7. The van der Waals surface area contributed by atoms with E-state index in [0.29, 0.717) is 22.6 Å². The van der Waals surface area contributed by atoms with E-state index >= 15 is 0 Å². The lowest BCUT2D eigenvalue weighted by Gasteiger charge is -2.40. The first-order chi connectivity index (χ1) is 15.1. The van der Waals surface area contributed by atoms with E-state index < -0.39 is 23.2 Å². The standard InChI is InChI=1S/C24H23ClN4O3/c1-24(2,3)29(23(31)32)20(15-10-11-15)21-27-18-9-5-8-17(25)19(18)22(30)28(21)16-7-4-6-14(12-16)13-26/h4-9,12,15,20H,10-11H2,1-3H3,(H,31,32)/t20-/m0/s1. The number of amides is 1.